The SMILES string of the molecule is Cl.O=C(CN(CCc1ccc(F)c(OCC(F)(F)F)c1)CC1CCOC1)N1CCCC1. The van der Waals surface area contributed by atoms with Crippen LogP contribution in [-0.4, -0.2) is 74.4 Å². The van der Waals surface area contributed by atoms with E-state index in [1.807, 2.05) is 4.90 Å². The second kappa shape index (κ2) is 11.9. The lowest BCUT2D eigenvalue weighted by atomic mass is 10.1. The highest BCUT2D eigenvalue weighted by Gasteiger charge is 2.29. The fourth-order valence-electron chi connectivity index (χ4n) is 3.85. The van der Waals surface area contributed by atoms with Crippen molar-refractivity contribution in [3.63, 3.8) is 0 Å². The Morgan fingerprint density at radius 3 is 2.65 bits per heavy atom. The third-order valence-corrected chi connectivity index (χ3v) is 5.46. The molecule has 0 bridgehead atoms. The van der Waals surface area contributed by atoms with Gasteiger partial charge in [-0.05, 0) is 49.3 Å². The minimum absolute atomic E-state index is 0. The van der Waals surface area contributed by atoms with Gasteiger partial charge in [0.25, 0.3) is 0 Å². The van der Waals surface area contributed by atoms with Crippen LogP contribution in [0.4, 0.5) is 17.6 Å². The van der Waals surface area contributed by atoms with E-state index in [0.29, 0.717) is 37.6 Å². The molecule has 1 aromatic carbocycles. The monoisotopic (exact) mass is 468 g/mol. The topological polar surface area (TPSA) is 42.0 Å². The van der Waals surface area contributed by atoms with Crippen molar-refractivity contribution < 1.29 is 31.8 Å². The molecule has 0 aliphatic carbocycles. The van der Waals surface area contributed by atoms with Crippen molar-refractivity contribution in [2.24, 2.45) is 5.92 Å². The highest BCUT2D eigenvalue weighted by Crippen LogP contribution is 2.23. The van der Waals surface area contributed by atoms with Crippen LogP contribution in [0.15, 0.2) is 18.2 Å². The number of ether oxygens (including phenoxy) is 2. The minimum Gasteiger partial charge on any atom is -0.481 e. The van der Waals surface area contributed by atoms with Crippen molar-refractivity contribution in [1.82, 2.24) is 9.80 Å². The van der Waals surface area contributed by atoms with E-state index in [1.54, 1.807) is 0 Å². The first-order valence-electron chi connectivity index (χ1n) is 10.4. The molecule has 2 saturated heterocycles. The van der Waals surface area contributed by atoms with Crippen LogP contribution in [0, 0.1) is 11.7 Å². The lowest BCUT2D eigenvalue weighted by Crippen LogP contribution is -2.41. The smallest absolute Gasteiger partial charge is 0.422 e. The Hall–Kier alpha value is -1.58. The number of rotatable bonds is 9. The van der Waals surface area contributed by atoms with Gasteiger partial charge in [-0.15, -0.1) is 12.4 Å². The molecule has 2 aliphatic rings. The summed E-state index contributed by atoms with van der Waals surface area (Å²) in [5.41, 5.74) is 0.662. The highest BCUT2D eigenvalue weighted by atomic mass is 35.5. The number of benzene rings is 1. The molecule has 2 fully saturated rings. The number of alkyl halides is 3. The van der Waals surface area contributed by atoms with E-state index in [9.17, 15) is 22.4 Å². The molecule has 2 aliphatic heterocycles. The number of nitrogens with zero attached hydrogens (tertiary/aromatic N) is 2. The molecule has 0 N–H and O–H groups in total. The first-order chi connectivity index (χ1) is 14.3. The molecule has 0 aromatic heterocycles. The molecule has 1 amide bonds. The van der Waals surface area contributed by atoms with Crippen LogP contribution in [-0.2, 0) is 16.0 Å². The van der Waals surface area contributed by atoms with Crippen molar-refractivity contribution in [3.05, 3.63) is 29.6 Å². The minimum atomic E-state index is -4.53. The molecule has 0 spiro atoms. The zero-order valence-electron chi connectivity index (χ0n) is 17.3. The normalized spacial score (nSPS) is 19.0. The predicted octanol–water partition coefficient (Wildman–Crippen LogP) is 3.69. The molecular formula is C21H29ClF4N2O3. The Balaban J connectivity index is 0.00000341. The molecular weight excluding hydrogens is 440 g/mol. The van der Waals surface area contributed by atoms with E-state index >= 15 is 0 Å². The van der Waals surface area contributed by atoms with E-state index in [4.69, 9.17) is 4.74 Å². The summed E-state index contributed by atoms with van der Waals surface area (Å²) in [6.07, 6.45) is -1.06. The average molecular weight is 469 g/mol. The van der Waals surface area contributed by atoms with Crippen molar-refractivity contribution in [3.8, 4) is 5.75 Å². The van der Waals surface area contributed by atoms with Crippen molar-refractivity contribution in [2.45, 2.75) is 31.9 Å². The zero-order chi connectivity index (χ0) is 21.6. The molecule has 5 nitrogen and oxygen atoms in total. The second-order valence-electron chi connectivity index (χ2n) is 7.97. The third kappa shape index (κ3) is 8.46. The van der Waals surface area contributed by atoms with Crippen molar-refractivity contribution in [2.75, 3.05) is 52.5 Å². The van der Waals surface area contributed by atoms with Crippen molar-refractivity contribution in [1.29, 1.82) is 0 Å². The molecule has 1 unspecified atom stereocenters. The van der Waals surface area contributed by atoms with Gasteiger partial charge in [-0.1, -0.05) is 6.07 Å². The molecule has 1 aromatic rings. The summed E-state index contributed by atoms with van der Waals surface area (Å²) in [5.74, 6) is -0.782. The first kappa shape index (κ1) is 25.7. The summed E-state index contributed by atoms with van der Waals surface area (Å²) in [7, 11) is 0. The summed E-state index contributed by atoms with van der Waals surface area (Å²) >= 11 is 0. The van der Waals surface area contributed by atoms with Gasteiger partial charge in [0.1, 0.15) is 0 Å². The van der Waals surface area contributed by atoms with Gasteiger partial charge < -0.3 is 14.4 Å². The predicted molar refractivity (Wildman–Crippen MR) is 110 cm³/mol. The maximum atomic E-state index is 13.8. The fraction of sp³-hybridized carbons (Fsp3) is 0.667. The van der Waals surface area contributed by atoms with Crippen LogP contribution in [0.5, 0.6) is 5.75 Å². The Labute approximate surface area is 186 Å². The van der Waals surface area contributed by atoms with Gasteiger partial charge in [-0.2, -0.15) is 13.2 Å². The first-order valence-corrected chi connectivity index (χ1v) is 10.4. The van der Waals surface area contributed by atoms with Gasteiger partial charge in [0.05, 0.1) is 13.2 Å². The number of carbonyl (C=O) groups excluding carboxylic acids is 1. The van der Waals surface area contributed by atoms with Crippen LogP contribution >= 0.6 is 12.4 Å². The maximum Gasteiger partial charge on any atom is 0.422 e. The molecule has 176 valence electrons. The maximum absolute atomic E-state index is 13.8. The number of hydrogen-bond donors (Lipinski definition) is 0. The number of amides is 1. The Bertz CT molecular complexity index is 708. The summed E-state index contributed by atoms with van der Waals surface area (Å²) < 4.78 is 60.9. The van der Waals surface area contributed by atoms with Gasteiger partial charge in [-0.3, -0.25) is 9.69 Å². The molecule has 0 saturated carbocycles. The Morgan fingerprint density at radius 2 is 2.00 bits per heavy atom. The van der Waals surface area contributed by atoms with E-state index < -0.39 is 24.3 Å². The largest absolute Gasteiger partial charge is 0.481 e. The quantitative estimate of drug-likeness (QED) is 0.518. The standard InChI is InChI=1S/C21H28F4N2O3.ClH/c22-18-4-3-16(11-19(18)30-15-21(23,24)25)5-9-26(12-17-6-10-29-14-17)13-20(28)27-7-1-2-8-27;/h3-4,11,17H,1-2,5-10,12-15H2;1H. The van der Waals surface area contributed by atoms with E-state index in [0.717, 1.165) is 51.6 Å². The zero-order valence-corrected chi connectivity index (χ0v) is 18.2. The number of carbonyl (C=O) groups is 1. The fourth-order valence-corrected chi connectivity index (χ4v) is 3.85. The molecule has 1 atom stereocenters. The Kier molecular flexibility index (Phi) is 9.84. The molecule has 10 heteroatoms. The van der Waals surface area contributed by atoms with E-state index in [1.165, 1.54) is 12.1 Å². The van der Waals surface area contributed by atoms with E-state index in [-0.39, 0.29) is 18.3 Å². The molecule has 0 radical (unpaired) electrons. The van der Waals surface area contributed by atoms with Crippen LogP contribution < -0.4 is 4.74 Å². The van der Waals surface area contributed by atoms with Gasteiger partial charge in [0.15, 0.2) is 18.2 Å². The summed E-state index contributed by atoms with van der Waals surface area (Å²) in [5, 5.41) is 0. The van der Waals surface area contributed by atoms with Gasteiger partial charge >= 0.3 is 6.18 Å². The van der Waals surface area contributed by atoms with Crippen LogP contribution in [0.2, 0.25) is 0 Å². The van der Waals surface area contributed by atoms with E-state index in [2.05, 4.69) is 9.64 Å². The number of likely N-dealkylation sites (tertiary alicyclic amines) is 1. The van der Waals surface area contributed by atoms with Crippen LogP contribution in [0.1, 0.15) is 24.8 Å². The van der Waals surface area contributed by atoms with Gasteiger partial charge in [0, 0.05) is 32.8 Å². The molecule has 2 heterocycles. The summed E-state index contributed by atoms with van der Waals surface area (Å²) in [6.45, 7) is 2.99. The third-order valence-electron chi connectivity index (χ3n) is 5.46. The van der Waals surface area contributed by atoms with Gasteiger partial charge in [-0.25, -0.2) is 4.39 Å². The van der Waals surface area contributed by atoms with Crippen molar-refractivity contribution >= 4 is 18.3 Å². The lowest BCUT2D eigenvalue weighted by molar-refractivity contribution is -0.153. The lowest BCUT2D eigenvalue weighted by Gasteiger charge is -2.27. The highest BCUT2D eigenvalue weighted by molar-refractivity contribution is 5.85. The average Bonchev–Trinajstić information content (AvgIpc) is 3.39. The molecule has 3 rings (SSSR count). The second-order valence-corrected chi connectivity index (χ2v) is 7.97. The van der Waals surface area contributed by atoms with Crippen LogP contribution in [0.3, 0.4) is 0 Å². The summed E-state index contributed by atoms with van der Waals surface area (Å²) in [4.78, 5) is 16.5. The molecule has 31 heavy (non-hydrogen) atoms. The van der Waals surface area contributed by atoms with Crippen LogP contribution in [0.25, 0.3) is 0 Å². The Morgan fingerprint density at radius 1 is 1.26 bits per heavy atom. The number of halogens is 5. The summed E-state index contributed by atoms with van der Waals surface area (Å²) in [6, 6.07) is 3.96. The van der Waals surface area contributed by atoms with Gasteiger partial charge in [0.2, 0.25) is 5.91 Å². The number of hydrogen-bond acceptors (Lipinski definition) is 4.